The molecule has 0 aromatic carbocycles. The maximum absolute atomic E-state index is 12.3. The molecule has 1 fully saturated rings. The van der Waals surface area contributed by atoms with Crippen LogP contribution in [-0.2, 0) is 4.74 Å². The zero-order chi connectivity index (χ0) is 13.0. The van der Waals surface area contributed by atoms with E-state index < -0.39 is 0 Å². The fourth-order valence-electron chi connectivity index (χ4n) is 2.17. The quantitative estimate of drug-likeness (QED) is 0.805. The first-order valence-electron chi connectivity index (χ1n) is 6.12. The summed E-state index contributed by atoms with van der Waals surface area (Å²) < 4.78 is 6.03. The van der Waals surface area contributed by atoms with E-state index in [-0.39, 0.29) is 5.91 Å². The molecule has 1 aliphatic rings. The Balaban J connectivity index is 1.98. The van der Waals surface area contributed by atoms with Crippen LogP contribution in [-0.4, -0.2) is 42.6 Å². The Bertz CT molecular complexity index is 419. The van der Waals surface area contributed by atoms with Gasteiger partial charge in [0.1, 0.15) is 4.60 Å². The van der Waals surface area contributed by atoms with Gasteiger partial charge in [0.25, 0.3) is 5.91 Å². The summed E-state index contributed by atoms with van der Waals surface area (Å²) in [6, 6.07) is 3.56. The average molecular weight is 313 g/mol. The molecule has 18 heavy (non-hydrogen) atoms. The monoisotopic (exact) mass is 312 g/mol. The van der Waals surface area contributed by atoms with Crippen molar-refractivity contribution in [3.63, 3.8) is 0 Å². The van der Waals surface area contributed by atoms with E-state index in [2.05, 4.69) is 20.9 Å². The van der Waals surface area contributed by atoms with Gasteiger partial charge in [-0.05, 0) is 46.8 Å². The minimum Gasteiger partial charge on any atom is -0.381 e. The van der Waals surface area contributed by atoms with Crippen molar-refractivity contribution in [2.75, 3.05) is 26.8 Å². The lowest BCUT2D eigenvalue weighted by atomic mass is 10.0. The highest BCUT2D eigenvalue weighted by Crippen LogP contribution is 2.18. The Hall–Kier alpha value is -0.940. The summed E-state index contributed by atoms with van der Waals surface area (Å²) in [6.45, 7) is 2.34. The van der Waals surface area contributed by atoms with Crippen LogP contribution in [0.2, 0.25) is 0 Å². The second-order valence-corrected chi connectivity index (χ2v) is 5.36. The van der Waals surface area contributed by atoms with Crippen LogP contribution in [0.25, 0.3) is 0 Å². The molecule has 2 heterocycles. The summed E-state index contributed by atoms with van der Waals surface area (Å²) in [7, 11) is 1.83. The van der Waals surface area contributed by atoms with Gasteiger partial charge in [-0.15, -0.1) is 0 Å². The molecule has 0 radical (unpaired) electrons. The molecule has 5 heteroatoms. The fraction of sp³-hybridized carbons (Fsp3) is 0.538. The van der Waals surface area contributed by atoms with Crippen LogP contribution in [0.15, 0.2) is 22.9 Å². The van der Waals surface area contributed by atoms with Crippen LogP contribution in [0.1, 0.15) is 23.2 Å². The Kier molecular flexibility index (Phi) is 4.72. The number of halogens is 1. The van der Waals surface area contributed by atoms with Gasteiger partial charge in [0.2, 0.25) is 0 Å². The van der Waals surface area contributed by atoms with Crippen molar-refractivity contribution in [2.24, 2.45) is 5.92 Å². The minimum absolute atomic E-state index is 0.000508. The first-order chi connectivity index (χ1) is 8.68. The number of ether oxygens (including phenoxy) is 1. The summed E-state index contributed by atoms with van der Waals surface area (Å²) >= 11 is 3.31. The minimum atomic E-state index is 0.000508. The smallest absolute Gasteiger partial charge is 0.256 e. The molecule has 4 nitrogen and oxygen atoms in total. The number of pyridine rings is 1. The third kappa shape index (κ3) is 3.29. The highest BCUT2D eigenvalue weighted by Gasteiger charge is 2.20. The van der Waals surface area contributed by atoms with Gasteiger partial charge in [-0.25, -0.2) is 4.98 Å². The molecular weight excluding hydrogens is 296 g/mol. The second-order valence-electron chi connectivity index (χ2n) is 4.61. The third-order valence-corrected chi connectivity index (χ3v) is 3.75. The van der Waals surface area contributed by atoms with Crippen molar-refractivity contribution in [1.29, 1.82) is 0 Å². The molecule has 0 spiro atoms. The Labute approximate surface area is 115 Å². The summed E-state index contributed by atoms with van der Waals surface area (Å²) in [5.74, 6) is 0.448. The average Bonchev–Trinajstić information content (AvgIpc) is 2.39. The van der Waals surface area contributed by atoms with Gasteiger partial charge in [0, 0.05) is 26.4 Å². The zero-order valence-electron chi connectivity index (χ0n) is 10.4. The van der Waals surface area contributed by atoms with E-state index in [1.807, 2.05) is 7.05 Å². The van der Waals surface area contributed by atoms with E-state index in [0.717, 1.165) is 32.6 Å². The molecule has 1 aromatic rings. The number of nitrogens with zero attached hydrogens (tertiary/aromatic N) is 2. The van der Waals surface area contributed by atoms with Crippen LogP contribution >= 0.6 is 15.9 Å². The Morgan fingerprint density at radius 1 is 1.67 bits per heavy atom. The van der Waals surface area contributed by atoms with E-state index in [4.69, 9.17) is 4.74 Å². The van der Waals surface area contributed by atoms with Gasteiger partial charge in [0.15, 0.2) is 0 Å². The number of hydrogen-bond acceptors (Lipinski definition) is 3. The molecule has 0 aliphatic carbocycles. The van der Waals surface area contributed by atoms with Crippen LogP contribution in [0.3, 0.4) is 0 Å². The SMILES string of the molecule is CN(CC1CCCOC1)C(=O)c1cccnc1Br. The van der Waals surface area contributed by atoms with Crippen LogP contribution in [0, 0.1) is 5.92 Å². The molecule has 0 bridgehead atoms. The zero-order valence-corrected chi connectivity index (χ0v) is 12.0. The lowest BCUT2D eigenvalue weighted by Crippen LogP contribution is -2.35. The summed E-state index contributed by atoms with van der Waals surface area (Å²) in [4.78, 5) is 18.1. The van der Waals surface area contributed by atoms with Gasteiger partial charge in [-0.1, -0.05) is 0 Å². The third-order valence-electron chi connectivity index (χ3n) is 3.12. The maximum atomic E-state index is 12.3. The maximum Gasteiger partial charge on any atom is 0.256 e. The molecule has 0 N–H and O–H groups in total. The molecule has 98 valence electrons. The van der Waals surface area contributed by atoms with Gasteiger partial charge < -0.3 is 9.64 Å². The van der Waals surface area contributed by atoms with Gasteiger partial charge in [-0.2, -0.15) is 0 Å². The molecule has 1 saturated heterocycles. The topological polar surface area (TPSA) is 42.4 Å². The molecule has 0 saturated carbocycles. The number of carbonyl (C=O) groups is 1. The molecule has 1 amide bonds. The number of hydrogen-bond donors (Lipinski definition) is 0. The molecule has 1 atom stereocenters. The molecular formula is C13H17BrN2O2. The Morgan fingerprint density at radius 3 is 3.17 bits per heavy atom. The molecule has 1 aliphatic heterocycles. The van der Waals surface area contributed by atoms with Crippen molar-refractivity contribution < 1.29 is 9.53 Å². The standard InChI is InChI=1S/C13H17BrN2O2/c1-16(8-10-4-3-7-18-9-10)13(17)11-5-2-6-15-12(11)14/h2,5-6,10H,3-4,7-9H2,1H3. The van der Waals surface area contributed by atoms with Crippen LogP contribution in [0.4, 0.5) is 0 Å². The summed E-state index contributed by atoms with van der Waals surface area (Å²) in [6.07, 6.45) is 3.88. The predicted octanol–water partition coefficient (Wildman–Crippen LogP) is 2.34. The number of amides is 1. The van der Waals surface area contributed by atoms with E-state index in [1.165, 1.54) is 0 Å². The van der Waals surface area contributed by atoms with E-state index in [1.54, 1.807) is 23.2 Å². The molecule has 2 rings (SSSR count). The first-order valence-corrected chi connectivity index (χ1v) is 6.91. The van der Waals surface area contributed by atoms with Crippen LogP contribution in [0.5, 0.6) is 0 Å². The van der Waals surface area contributed by atoms with Crippen molar-refractivity contribution in [3.05, 3.63) is 28.5 Å². The summed E-state index contributed by atoms with van der Waals surface area (Å²) in [5, 5.41) is 0. The largest absolute Gasteiger partial charge is 0.381 e. The molecule has 1 aromatic heterocycles. The lowest BCUT2D eigenvalue weighted by molar-refractivity contribution is 0.0388. The summed E-state index contributed by atoms with van der Waals surface area (Å²) in [5.41, 5.74) is 0.608. The predicted molar refractivity (Wildman–Crippen MR) is 72.4 cm³/mol. The van der Waals surface area contributed by atoms with E-state index >= 15 is 0 Å². The van der Waals surface area contributed by atoms with Gasteiger partial charge in [-0.3, -0.25) is 4.79 Å². The highest BCUT2D eigenvalue weighted by molar-refractivity contribution is 9.10. The van der Waals surface area contributed by atoms with Crippen molar-refractivity contribution in [1.82, 2.24) is 9.88 Å². The van der Waals surface area contributed by atoms with E-state index in [9.17, 15) is 4.79 Å². The first kappa shape index (κ1) is 13.5. The van der Waals surface area contributed by atoms with Crippen molar-refractivity contribution in [3.8, 4) is 0 Å². The normalized spacial score (nSPS) is 19.6. The number of carbonyl (C=O) groups excluding carboxylic acids is 1. The van der Waals surface area contributed by atoms with E-state index in [0.29, 0.717) is 16.1 Å². The van der Waals surface area contributed by atoms with Crippen molar-refractivity contribution in [2.45, 2.75) is 12.8 Å². The Morgan fingerprint density at radius 2 is 2.50 bits per heavy atom. The lowest BCUT2D eigenvalue weighted by Gasteiger charge is -2.27. The fourth-order valence-corrected chi connectivity index (χ4v) is 2.59. The number of aromatic nitrogens is 1. The van der Waals surface area contributed by atoms with Crippen molar-refractivity contribution >= 4 is 21.8 Å². The number of rotatable bonds is 3. The van der Waals surface area contributed by atoms with Gasteiger partial charge >= 0.3 is 0 Å². The highest BCUT2D eigenvalue weighted by atomic mass is 79.9. The molecule has 1 unspecified atom stereocenters. The van der Waals surface area contributed by atoms with Crippen LogP contribution < -0.4 is 0 Å². The second kappa shape index (κ2) is 6.29. The van der Waals surface area contributed by atoms with Gasteiger partial charge in [0.05, 0.1) is 12.2 Å².